The third-order valence-electron chi connectivity index (χ3n) is 3.22. The number of nitrogens with zero attached hydrogens (tertiary/aromatic N) is 1. The molecule has 1 aromatic rings. The van der Waals surface area contributed by atoms with Crippen molar-refractivity contribution < 1.29 is 4.79 Å². The highest BCUT2D eigenvalue weighted by molar-refractivity contribution is 9.10. The number of benzene rings is 1. The molecule has 1 aromatic carbocycles. The average molecular weight is 319 g/mol. The summed E-state index contributed by atoms with van der Waals surface area (Å²) in [5, 5.41) is 12.0. The van der Waals surface area contributed by atoms with Crippen LogP contribution in [0.3, 0.4) is 0 Å². The van der Waals surface area contributed by atoms with E-state index in [2.05, 4.69) is 21.2 Å². The van der Waals surface area contributed by atoms with Gasteiger partial charge in [-0.05, 0) is 36.6 Å². The summed E-state index contributed by atoms with van der Waals surface area (Å²) in [7, 11) is 0. The molecule has 3 nitrogen and oxygen atoms in total. The van der Waals surface area contributed by atoms with Gasteiger partial charge in [-0.1, -0.05) is 40.9 Å². The van der Waals surface area contributed by atoms with Gasteiger partial charge in [-0.15, -0.1) is 0 Å². The highest BCUT2D eigenvalue weighted by atomic mass is 79.9. The molecular formula is C15H15BrN2O. The van der Waals surface area contributed by atoms with Crippen LogP contribution in [0.2, 0.25) is 0 Å². The summed E-state index contributed by atoms with van der Waals surface area (Å²) in [4.78, 5) is 12.0. The zero-order valence-corrected chi connectivity index (χ0v) is 12.1. The average Bonchev–Trinajstić information content (AvgIpc) is 2.88. The molecule has 1 aliphatic rings. The topological polar surface area (TPSA) is 52.9 Å². The lowest BCUT2D eigenvalue weighted by Crippen LogP contribution is -2.33. The molecule has 1 N–H and O–H groups in total. The maximum atomic E-state index is 12.0. The van der Waals surface area contributed by atoms with E-state index >= 15 is 0 Å². The number of halogens is 1. The number of nitriles is 1. The van der Waals surface area contributed by atoms with E-state index < -0.39 is 0 Å². The molecule has 0 bridgehead atoms. The number of hydrogen-bond donors (Lipinski definition) is 1. The quantitative estimate of drug-likeness (QED) is 0.685. The van der Waals surface area contributed by atoms with E-state index in [9.17, 15) is 4.79 Å². The van der Waals surface area contributed by atoms with Crippen LogP contribution in [0.5, 0.6) is 0 Å². The van der Waals surface area contributed by atoms with Crippen LogP contribution >= 0.6 is 15.9 Å². The second-order valence-corrected chi connectivity index (χ2v) is 5.60. The van der Waals surface area contributed by atoms with Crippen LogP contribution in [-0.4, -0.2) is 11.9 Å². The maximum Gasteiger partial charge on any atom is 0.262 e. The minimum absolute atomic E-state index is 0.157. The number of carbonyl (C=O) groups is 1. The number of nitrogens with one attached hydrogen (secondary N) is 1. The van der Waals surface area contributed by atoms with Crippen molar-refractivity contribution in [1.29, 1.82) is 5.26 Å². The molecule has 0 heterocycles. The second kappa shape index (κ2) is 6.53. The number of rotatable bonds is 3. The minimum atomic E-state index is -0.269. The smallest absolute Gasteiger partial charge is 0.262 e. The fraction of sp³-hybridized carbons (Fsp3) is 0.333. The third kappa shape index (κ3) is 3.93. The van der Waals surface area contributed by atoms with Crippen molar-refractivity contribution in [1.82, 2.24) is 5.32 Å². The Morgan fingerprint density at radius 3 is 2.79 bits per heavy atom. The first-order valence-corrected chi connectivity index (χ1v) is 7.16. The van der Waals surface area contributed by atoms with Crippen molar-refractivity contribution in [3.8, 4) is 6.07 Å². The zero-order chi connectivity index (χ0) is 13.7. The Bertz CT molecular complexity index is 539. The molecule has 19 heavy (non-hydrogen) atoms. The largest absolute Gasteiger partial charge is 0.349 e. The van der Waals surface area contributed by atoms with Gasteiger partial charge >= 0.3 is 0 Å². The van der Waals surface area contributed by atoms with Crippen molar-refractivity contribution >= 4 is 27.9 Å². The fourth-order valence-electron chi connectivity index (χ4n) is 2.24. The molecule has 2 rings (SSSR count). The predicted octanol–water partition coefficient (Wildman–Crippen LogP) is 3.41. The Labute approximate surface area is 121 Å². The fourth-order valence-corrected chi connectivity index (χ4v) is 2.66. The lowest BCUT2D eigenvalue weighted by atomic mass is 10.1. The number of amides is 1. The van der Waals surface area contributed by atoms with Crippen molar-refractivity contribution in [3.05, 3.63) is 39.9 Å². The van der Waals surface area contributed by atoms with E-state index in [1.807, 2.05) is 30.3 Å². The number of hydrogen-bond acceptors (Lipinski definition) is 2. The summed E-state index contributed by atoms with van der Waals surface area (Å²) in [6, 6.07) is 9.73. The lowest BCUT2D eigenvalue weighted by Gasteiger charge is -2.10. The molecule has 4 heteroatoms. The van der Waals surface area contributed by atoms with E-state index in [0.29, 0.717) is 0 Å². The zero-order valence-electron chi connectivity index (χ0n) is 10.5. The van der Waals surface area contributed by atoms with E-state index in [4.69, 9.17) is 5.26 Å². The summed E-state index contributed by atoms with van der Waals surface area (Å²) in [5.41, 5.74) is 0.998. The molecule has 1 amide bonds. The summed E-state index contributed by atoms with van der Waals surface area (Å²) in [5.74, 6) is -0.269. The first kappa shape index (κ1) is 13.8. The highest BCUT2D eigenvalue weighted by Gasteiger charge is 2.19. The van der Waals surface area contributed by atoms with Crippen LogP contribution in [0.1, 0.15) is 31.2 Å². The predicted molar refractivity (Wildman–Crippen MR) is 78.1 cm³/mol. The van der Waals surface area contributed by atoms with Gasteiger partial charge in [0.15, 0.2) is 0 Å². The SMILES string of the molecule is N#C/C(=C/c1cccc(Br)c1)C(=O)NC1CCCC1. The molecule has 98 valence electrons. The molecule has 0 unspecified atom stereocenters. The molecule has 0 radical (unpaired) electrons. The van der Waals surface area contributed by atoms with Gasteiger partial charge in [0.2, 0.25) is 0 Å². The lowest BCUT2D eigenvalue weighted by molar-refractivity contribution is -0.117. The molecule has 0 atom stereocenters. The Morgan fingerprint density at radius 1 is 1.42 bits per heavy atom. The summed E-state index contributed by atoms with van der Waals surface area (Å²) >= 11 is 3.37. The van der Waals surface area contributed by atoms with Crippen LogP contribution in [0.25, 0.3) is 6.08 Å². The van der Waals surface area contributed by atoms with Crippen molar-refractivity contribution in [2.45, 2.75) is 31.7 Å². The van der Waals surface area contributed by atoms with E-state index in [-0.39, 0.29) is 17.5 Å². The maximum absolute atomic E-state index is 12.0. The van der Waals surface area contributed by atoms with E-state index in [1.54, 1.807) is 6.08 Å². The van der Waals surface area contributed by atoms with Gasteiger partial charge in [-0.3, -0.25) is 4.79 Å². The molecule has 0 spiro atoms. The molecule has 1 aliphatic carbocycles. The van der Waals surface area contributed by atoms with Gasteiger partial charge in [-0.2, -0.15) is 5.26 Å². The van der Waals surface area contributed by atoms with Crippen LogP contribution in [0, 0.1) is 11.3 Å². The summed E-state index contributed by atoms with van der Waals surface area (Å²) < 4.78 is 0.926. The Balaban J connectivity index is 2.10. The van der Waals surface area contributed by atoms with Crippen LogP contribution < -0.4 is 5.32 Å². The summed E-state index contributed by atoms with van der Waals surface area (Å²) in [6.07, 6.45) is 5.96. The Kier molecular flexibility index (Phi) is 4.75. The van der Waals surface area contributed by atoms with Gasteiger partial charge in [0.05, 0.1) is 0 Å². The van der Waals surface area contributed by atoms with Gasteiger partial charge in [0, 0.05) is 10.5 Å². The molecule has 1 fully saturated rings. The monoisotopic (exact) mass is 318 g/mol. The van der Waals surface area contributed by atoms with E-state index in [0.717, 1.165) is 35.7 Å². The number of carbonyl (C=O) groups excluding carboxylic acids is 1. The first-order chi connectivity index (χ1) is 9.19. The van der Waals surface area contributed by atoms with Crippen molar-refractivity contribution in [2.24, 2.45) is 0 Å². The van der Waals surface area contributed by atoms with Crippen LogP contribution in [0.4, 0.5) is 0 Å². The first-order valence-electron chi connectivity index (χ1n) is 6.37. The van der Waals surface area contributed by atoms with Gasteiger partial charge < -0.3 is 5.32 Å². The van der Waals surface area contributed by atoms with Gasteiger partial charge in [-0.25, -0.2) is 0 Å². The van der Waals surface area contributed by atoms with Gasteiger partial charge in [0.25, 0.3) is 5.91 Å². The van der Waals surface area contributed by atoms with E-state index in [1.165, 1.54) is 0 Å². The third-order valence-corrected chi connectivity index (χ3v) is 3.71. The normalized spacial score (nSPS) is 16.1. The minimum Gasteiger partial charge on any atom is -0.349 e. The molecule has 0 saturated heterocycles. The van der Waals surface area contributed by atoms with Gasteiger partial charge in [0.1, 0.15) is 11.6 Å². The second-order valence-electron chi connectivity index (χ2n) is 4.68. The van der Waals surface area contributed by atoms with Crippen LogP contribution in [0.15, 0.2) is 34.3 Å². The highest BCUT2D eigenvalue weighted by Crippen LogP contribution is 2.19. The summed E-state index contributed by atoms with van der Waals surface area (Å²) in [6.45, 7) is 0. The molecule has 0 aliphatic heterocycles. The van der Waals surface area contributed by atoms with Crippen LogP contribution in [-0.2, 0) is 4.79 Å². The standard InChI is InChI=1S/C15H15BrN2O/c16-13-5-3-4-11(9-13)8-12(10-17)15(19)18-14-6-1-2-7-14/h3-5,8-9,14H,1-2,6-7H2,(H,18,19)/b12-8-. The van der Waals surface area contributed by atoms with Crippen molar-refractivity contribution in [3.63, 3.8) is 0 Å². The van der Waals surface area contributed by atoms with Crippen molar-refractivity contribution in [2.75, 3.05) is 0 Å². The molecule has 0 aromatic heterocycles. The molecular weight excluding hydrogens is 304 g/mol. The Morgan fingerprint density at radius 2 is 2.16 bits per heavy atom. The molecule has 1 saturated carbocycles. The Hall–Kier alpha value is -1.60.